The Morgan fingerprint density at radius 1 is 1.26 bits per heavy atom. The molecule has 0 fully saturated rings. The molecule has 1 nitrogen and oxygen atoms in total. The predicted molar refractivity (Wildman–Crippen MR) is 76.1 cm³/mol. The lowest BCUT2D eigenvalue weighted by Gasteiger charge is -2.23. The SMILES string of the molecule is CC(C)C1=CC[C@@H](C)/C(=C/c2ccc(F)cc2)C1=O. The third-order valence-electron chi connectivity index (χ3n) is 3.56. The summed E-state index contributed by atoms with van der Waals surface area (Å²) >= 11 is 0. The van der Waals surface area contributed by atoms with Crippen molar-refractivity contribution in [3.05, 3.63) is 52.9 Å². The van der Waals surface area contributed by atoms with Gasteiger partial charge in [0.25, 0.3) is 0 Å². The summed E-state index contributed by atoms with van der Waals surface area (Å²) in [5, 5.41) is 0. The molecule has 0 aliphatic heterocycles. The van der Waals surface area contributed by atoms with Crippen LogP contribution in [0, 0.1) is 17.7 Å². The number of allylic oxidation sites excluding steroid dienone is 3. The van der Waals surface area contributed by atoms with Gasteiger partial charge in [0, 0.05) is 5.57 Å². The summed E-state index contributed by atoms with van der Waals surface area (Å²) in [5.74, 6) is 0.350. The molecule has 0 heterocycles. The van der Waals surface area contributed by atoms with Crippen LogP contribution in [0.15, 0.2) is 41.5 Å². The van der Waals surface area contributed by atoms with Crippen molar-refractivity contribution >= 4 is 11.9 Å². The highest BCUT2D eigenvalue weighted by Gasteiger charge is 2.26. The zero-order valence-corrected chi connectivity index (χ0v) is 11.6. The van der Waals surface area contributed by atoms with Crippen LogP contribution in [0.1, 0.15) is 32.8 Å². The van der Waals surface area contributed by atoms with Gasteiger partial charge in [0.15, 0.2) is 5.78 Å². The van der Waals surface area contributed by atoms with Crippen molar-refractivity contribution in [2.45, 2.75) is 27.2 Å². The summed E-state index contributed by atoms with van der Waals surface area (Å²) in [6.07, 6.45) is 4.84. The molecule has 19 heavy (non-hydrogen) atoms. The molecule has 100 valence electrons. The van der Waals surface area contributed by atoms with E-state index in [4.69, 9.17) is 0 Å². The van der Waals surface area contributed by atoms with Gasteiger partial charge in [0.2, 0.25) is 0 Å². The normalized spacial score (nSPS) is 21.9. The lowest BCUT2D eigenvalue weighted by atomic mass is 9.80. The van der Waals surface area contributed by atoms with E-state index in [1.165, 1.54) is 12.1 Å². The van der Waals surface area contributed by atoms with Gasteiger partial charge in [-0.3, -0.25) is 4.79 Å². The molecule has 0 radical (unpaired) electrons. The molecule has 1 aliphatic carbocycles. The van der Waals surface area contributed by atoms with Gasteiger partial charge in [0.05, 0.1) is 0 Å². The topological polar surface area (TPSA) is 17.1 Å². The number of carbonyl (C=O) groups excluding carboxylic acids is 1. The number of Topliss-reactive ketones (excluding diaryl/α,β-unsaturated/α-hetero) is 1. The molecule has 1 aliphatic rings. The average Bonchev–Trinajstić information content (AvgIpc) is 2.36. The molecule has 2 rings (SSSR count). The van der Waals surface area contributed by atoms with Crippen LogP contribution in [0.4, 0.5) is 4.39 Å². The minimum Gasteiger partial charge on any atom is -0.289 e. The number of carbonyl (C=O) groups is 1. The smallest absolute Gasteiger partial charge is 0.185 e. The molecular formula is C17H19FO. The Labute approximate surface area is 113 Å². The van der Waals surface area contributed by atoms with Crippen molar-refractivity contribution in [2.24, 2.45) is 11.8 Å². The van der Waals surface area contributed by atoms with E-state index in [1.54, 1.807) is 12.1 Å². The Hall–Kier alpha value is -1.70. The highest BCUT2D eigenvalue weighted by Crippen LogP contribution is 2.30. The van der Waals surface area contributed by atoms with Crippen molar-refractivity contribution in [1.29, 1.82) is 0 Å². The van der Waals surface area contributed by atoms with Crippen molar-refractivity contribution in [1.82, 2.24) is 0 Å². The van der Waals surface area contributed by atoms with Crippen LogP contribution >= 0.6 is 0 Å². The van der Waals surface area contributed by atoms with Gasteiger partial charge in [-0.25, -0.2) is 4.39 Å². The Balaban J connectivity index is 2.35. The lowest BCUT2D eigenvalue weighted by Crippen LogP contribution is -2.20. The second-order valence-corrected chi connectivity index (χ2v) is 5.43. The van der Waals surface area contributed by atoms with E-state index in [2.05, 4.69) is 13.0 Å². The first-order valence-corrected chi connectivity index (χ1v) is 6.71. The summed E-state index contributed by atoms with van der Waals surface area (Å²) in [5.41, 5.74) is 2.60. The molecule has 0 saturated heterocycles. The van der Waals surface area contributed by atoms with Crippen LogP contribution in [0.3, 0.4) is 0 Å². The number of halogens is 1. The van der Waals surface area contributed by atoms with Crippen LogP contribution < -0.4 is 0 Å². The van der Waals surface area contributed by atoms with Gasteiger partial charge in [0.1, 0.15) is 5.82 Å². The van der Waals surface area contributed by atoms with E-state index < -0.39 is 0 Å². The van der Waals surface area contributed by atoms with Gasteiger partial charge < -0.3 is 0 Å². The molecule has 1 aromatic rings. The minimum absolute atomic E-state index is 0.137. The van der Waals surface area contributed by atoms with Crippen LogP contribution in [0.2, 0.25) is 0 Å². The molecule has 1 aromatic carbocycles. The maximum atomic E-state index is 12.9. The Morgan fingerprint density at radius 3 is 2.47 bits per heavy atom. The van der Waals surface area contributed by atoms with Crippen LogP contribution in [-0.2, 0) is 4.79 Å². The van der Waals surface area contributed by atoms with Crippen LogP contribution in [0.25, 0.3) is 6.08 Å². The van der Waals surface area contributed by atoms with Crippen LogP contribution in [-0.4, -0.2) is 5.78 Å². The Morgan fingerprint density at radius 2 is 1.89 bits per heavy atom. The van der Waals surface area contributed by atoms with Crippen molar-refractivity contribution in [3.63, 3.8) is 0 Å². The maximum Gasteiger partial charge on any atom is 0.185 e. The lowest BCUT2D eigenvalue weighted by molar-refractivity contribution is -0.113. The van der Waals surface area contributed by atoms with Crippen molar-refractivity contribution in [2.75, 3.05) is 0 Å². The van der Waals surface area contributed by atoms with E-state index in [-0.39, 0.29) is 23.4 Å². The zero-order valence-electron chi connectivity index (χ0n) is 11.6. The molecule has 1 atom stereocenters. The molecule has 0 amide bonds. The second kappa shape index (κ2) is 5.52. The van der Waals surface area contributed by atoms with Crippen molar-refractivity contribution in [3.8, 4) is 0 Å². The molecule has 0 unspecified atom stereocenters. The van der Waals surface area contributed by atoms with E-state index in [0.717, 1.165) is 23.1 Å². The van der Waals surface area contributed by atoms with Gasteiger partial charge >= 0.3 is 0 Å². The molecule has 0 bridgehead atoms. The van der Waals surface area contributed by atoms with E-state index >= 15 is 0 Å². The maximum absolute atomic E-state index is 12.9. The van der Waals surface area contributed by atoms with Gasteiger partial charge in [-0.05, 0) is 47.6 Å². The van der Waals surface area contributed by atoms with Gasteiger partial charge in [-0.1, -0.05) is 39.0 Å². The van der Waals surface area contributed by atoms with E-state index in [0.29, 0.717) is 0 Å². The fourth-order valence-corrected chi connectivity index (χ4v) is 2.36. The zero-order chi connectivity index (χ0) is 14.0. The fourth-order valence-electron chi connectivity index (χ4n) is 2.36. The molecule has 0 saturated carbocycles. The largest absolute Gasteiger partial charge is 0.289 e. The summed E-state index contributed by atoms with van der Waals surface area (Å²) in [6.45, 7) is 6.13. The average molecular weight is 258 g/mol. The molecule has 2 heteroatoms. The highest BCUT2D eigenvalue weighted by atomic mass is 19.1. The standard InChI is InChI=1S/C17H19FO/c1-11(2)15-9-4-12(3)16(17(15)19)10-13-5-7-14(18)8-6-13/h5-12H,4H2,1-3H3/b16-10-/t12-/m1/s1. The first kappa shape index (κ1) is 13.7. The number of hydrogen-bond acceptors (Lipinski definition) is 1. The molecule has 0 N–H and O–H groups in total. The summed E-state index contributed by atoms with van der Waals surface area (Å²) in [4.78, 5) is 12.4. The van der Waals surface area contributed by atoms with Gasteiger partial charge in [-0.2, -0.15) is 0 Å². The Kier molecular flexibility index (Phi) is 3.98. The summed E-state index contributed by atoms with van der Waals surface area (Å²) < 4.78 is 12.9. The van der Waals surface area contributed by atoms with Gasteiger partial charge in [-0.15, -0.1) is 0 Å². The van der Waals surface area contributed by atoms with E-state index in [9.17, 15) is 9.18 Å². The fraction of sp³-hybridized carbons (Fsp3) is 0.353. The molecular weight excluding hydrogens is 239 g/mol. The number of ketones is 1. The monoisotopic (exact) mass is 258 g/mol. The predicted octanol–water partition coefficient (Wildman–Crippen LogP) is 4.40. The quantitative estimate of drug-likeness (QED) is 0.718. The number of rotatable bonds is 2. The minimum atomic E-state index is -0.257. The van der Waals surface area contributed by atoms with Crippen molar-refractivity contribution < 1.29 is 9.18 Å². The molecule has 0 spiro atoms. The number of benzene rings is 1. The third-order valence-corrected chi connectivity index (χ3v) is 3.56. The second-order valence-electron chi connectivity index (χ2n) is 5.43. The van der Waals surface area contributed by atoms with E-state index in [1.807, 2.05) is 19.9 Å². The third kappa shape index (κ3) is 3.01. The van der Waals surface area contributed by atoms with Crippen LogP contribution in [0.5, 0.6) is 0 Å². The summed E-state index contributed by atoms with van der Waals surface area (Å²) in [6, 6.07) is 6.25. The molecule has 0 aromatic heterocycles. The summed E-state index contributed by atoms with van der Waals surface area (Å²) in [7, 11) is 0. The highest BCUT2D eigenvalue weighted by molar-refractivity contribution is 6.12. The number of hydrogen-bond donors (Lipinski definition) is 0. The first-order valence-electron chi connectivity index (χ1n) is 6.71. The Bertz CT molecular complexity index is 535. The first-order chi connectivity index (χ1) is 8.99.